The Morgan fingerprint density at radius 3 is 2.64 bits per heavy atom. The number of hydrogen-bond acceptors (Lipinski definition) is 7. The molecule has 0 unspecified atom stereocenters. The highest BCUT2D eigenvalue weighted by atomic mass is 35.5. The van der Waals surface area contributed by atoms with E-state index in [2.05, 4.69) is 10.6 Å². The number of amides is 4. The van der Waals surface area contributed by atoms with Crippen LogP contribution in [0.2, 0.25) is 5.02 Å². The summed E-state index contributed by atoms with van der Waals surface area (Å²) in [6, 6.07) is 3.39. The average molecular weight is 387 g/mol. The van der Waals surface area contributed by atoms with Crippen molar-refractivity contribution in [2.45, 2.75) is 0 Å². The Morgan fingerprint density at radius 2 is 2.04 bits per heavy atom. The molecule has 0 atom stereocenters. The lowest BCUT2D eigenvalue weighted by molar-refractivity contribution is -0.384. The van der Waals surface area contributed by atoms with Gasteiger partial charge >= 0.3 is 11.8 Å². The Morgan fingerprint density at radius 1 is 1.32 bits per heavy atom. The summed E-state index contributed by atoms with van der Waals surface area (Å²) in [6.07, 6.45) is 0. The second-order valence-corrected chi connectivity index (χ2v) is 6.07. The van der Waals surface area contributed by atoms with Crippen LogP contribution in [-0.2, 0) is 14.4 Å². The van der Waals surface area contributed by atoms with Crippen LogP contribution in [0.4, 0.5) is 16.2 Å². The first-order valence-electron chi connectivity index (χ1n) is 6.80. The van der Waals surface area contributed by atoms with Gasteiger partial charge in [-0.15, -0.1) is 0 Å². The minimum atomic E-state index is -1.09. The van der Waals surface area contributed by atoms with Crippen molar-refractivity contribution >= 4 is 57.7 Å². The fourth-order valence-corrected chi connectivity index (χ4v) is 2.78. The predicted octanol–water partition coefficient (Wildman–Crippen LogP) is 0.998. The number of anilines is 1. The third-order valence-corrected chi connectivity index (χ3v) is 4.26. The van der Waals surface area contributed by atoms with Crippen LogP contribution in [0.15, 0.2) is 18.2 Å². The Bertz CT molecular complexity index is 755. The second-order valence-electron chi connectivity index (χ2n) is 4.73. The number of nitro benzene ring substituents is 1. The molecule has 1 aromatic rings. The molecular weight excluding hydrogens is 376 g/mol. The molecule has 1 heterocycles. The molecule has 25 heavy (non-hydrogen) atoms. The van der Waals surface area contributed by atoms with Gasteiger partial charge < -0.3 is 10.6 Å². The third kappa shape index (κ3) is 4.67. The third-order valence-electron chi connectivity index (χ3n) is 3.08. The highest BCUT2D eigenvalue weighted by Gasteiger charge is 2.29. The highest BCUT2D eigenvalue weighted by molar-refractivity contribution is 8.14. The lowest BCUT2D eigenvalue weighted by Gasteiger charge is -2.13. The van der Waals surface area contributed by atoms with E-state index in [1.807, 2.05) is 0 Å². The van der Waals surface area contributed by atoms with Crippen LogP contribution in [0, 0.1) is 10.1 Å². The monoisotopic (exact) mass is 386 g/mol. The summed E-state index contributed by atoms with van der Waals surface area (Å²) in [7, 11) is 0. The zero-order valence-electron chi connectivity index (χ0n) is 12.5. The molecule has 10 nitrogen and oxygen atoms in total. The first-order chi connectivity index (χ1) is 11.8. The fourth-order valence-electron chi connectivity index (χ4n) is 1.86. The van der Waals surface area contributed by atoms with Crippen LogP contribution in [0.5, 0.6) is 0 Å². The van der Waals surface area contributed by atoms with Gasteiger partial charge in [-0.3, -0.25) is 34.2 Å². The van der Waals surface area contributed by atoms with Crippen molar-refractivity contribution < 1.29 is 24.1 Å². The molecule has 0 saturated carbocycles. The van der Waals surface area contributed by atoms with E-state index in [0.29, 0.717) is 0 Å². The maximum absolute atomic E-state index is 11.8. The lowest BCUT2D eigenvalue weighted by atomic mass is 10.2. The standard InChI is InChI=1S/C13H11ClN4O6S/c14-8-2-1-7(18(23)24)5-9(8)16-12(21)11(20)15-3-4-17-10(19)6-25-13(17)22/h1-2,5H,3-4,6H2,(H,15,20)(H,16,21). The van der Waals surface area contributed by atoms with E-state index in [4.69, 9.17) is 11.6 Å². The van der Waals surface area contributed by atoms with Crippen molar-refractivity contribution in [1.29, 1.82) is 0 Å². The number of benzene rings is 1. The number of hydrogen-bond donors (Lipinski definition) is 2. The summed E-state index contributed by atoms with van der Waals surface area (Å²) in [6.45, 7) is -0.159. The molecule has 4 amide bonds. The first-order valence-corrected chi connectivity index (χ1v) is 8.16. The Balaban J connectivity index is 1.89. The molecule has 12 heteroatoms. The summed E-state index contributed by atoms with van der Waals surface area (Å²) in [5.74, 6) is -2.43. The van der Waals surface area contributed by atoms with Crippen molar-refractivity contribution in [2.75, 3.05) is 24.2 Å². The van der Waals surface area contributed by atoms with Gasteiger partial charge in [0.05, 0.1) is 21.4 Å². The van der Waals surface area contributed by atoms with E-state index in [0.717, 1.165) is 28.8 Å². The molecule has 0 spiro atoms. The highest BCUT2D eigenvalue weighted by Crippen LogP contribution is 2.26. The number of halogens is 1. The van der Waals surface area contributed by atoms with Crippen LogP contribution in [0.25, 0.3) is 0 Å². The summed E-state index contributed by atoms with van der Waals surface area (Å²) in [5.41, 5.74) is -0.388. The predicted molar refractivity (Wildman–Crippen MR) is 89.3 cm³/mol. The van der Waals surface area contributed by atoms with Crippen molar-refractivity contribution in [3.8, 4) is 0 Å². The topological polar surface area (TPSA) is 139 Å². The Kier molecular flexibility index (Phi) is 5.93. The van der Waals surface area contributed by atoms with Gasteiger partial charge in [-0.05, 0) is 6.07 Å². The molecule has 0 bridgehead atoms. The van der Waals surface area contributed by atoms with Crippen molar-refractivity contribution in [2.24, 2.45) is 0 Å². The van der Waals surface area contributed by atoms with Gasteiger partial charge in [0.15, 0.2) is 0 Å². The molecule has 2 rings (SSSR count). The molecule has 1 aromatic carbocycles. The molecule has 132 valence electrons. The number of carbonyl (C=O) groups is 4. The van der Waals surface area contributed by atoms with Crippen LogP contribution < -0.4 is 10.6 Å². The zero-order chi connectivity index (χ0) is 18.6. The van der Waals surface area contributed by atoms with Crippen LogP contribution in [0.1, 0.15) is 0 Å². The van der Waals surface area contributed by atoms with Gasteiger partial charge in [0, 0.05) is 25.2 Å². The largest absolute Gasteiger partial charge is 0.346 e. The quantitative estimate of drug-likeness (QED) is 0.437. The maximum Gasteiger partial charge on any atom is 0.313 e. The molecule has 1 aliphatic heterocycles. The molecule has 2 N–H and O–H groups in total. The zero-order valence-corrected chi connectivity index (χ0v) is 14.1. The molecule has 0 radical (unpaired) electrons. The number of nitrogens with one attached hydrogen (secondary N) is 2. The number of nitro groups is 1. The van der Waals surface area contributed by atoms with Gasteiger partial charge in [-0.1, -0.05) is 23.4 Å². The minimum Gasteiger partial charge on any atom is -0.346 e. The Hall–Kier alpha value is -2.66. The van der Waals surface area contributed by atoms with Crippen LogP contribution in [-0.4, -0.2) is 51.6 Å². The number of carbonyl (C=O) groups excluding carboxylic acids is 4. The number of thioether (sulfide) groups is 1. The minimum absolute atomic E-state index is 0.0250. The normalized spacial score (nSPS) is 13.7. The molecule has 0 aromatic heterocycles. The maximum atomic E-state index is 11.8. The van der Waals surface area contributed by atoms with Crippen molar-refractivity contribution in [1.82, 2.24) is 10.2 Å². The molecule has 1 fully saturated rings. The number of non-ortho nitro benzene ring substituents is 1. The SMILES string of the molecule is O=C(NCCN1C(=O)CSC1=O)C(=O)Nc1cc([N+](=O)[O-])ccc1Cl. The van der Waals surface area contributed by atoms with Gasteiger partial charge in [0.25, 0.3) is 10.9 Å². The van der Waals surface area contributed by atoms with Gasteiger partial charge in [0.2, 0.25) is 5.91 Å². The number of imide groups is 1. The fraction of sp³-hybridized carbons (Fsp3) is 0.231. The average Bonchev–Trinajstić information content (AvgIpc) is 2.88. The van der Waals surface area contributed by atoms with E-state index in [9.17, 15) is 29.3 Å². The summed E-state index contributed by atoms with van der Waals surface area (Å²) in [5, 5.41) is 14.7. The van der Waals surface area contributed by atoms with Gasteiger partial charge in [-0.2, -0.15) is 0 Å². The van der Waals surface area contributed by atoms with Crippen LogP contribution >= 0.6 is 23.4 Å². The Labute approximate surface area is 150 Å². The smallest absolute Gasteiger partial charge is 0.313 e. The van der Waals surface area contributed by atoms with Crippen molar-refractivity contribution in [3.63, 3.8) is 0 Å². The number of rotatable bonds is 5. The van der Waals surface area contributed by atoms with E-state index in [1.54, 1.807) is 0 Å². The summed E-state index contributed by atoms with van der Waals surface area (Å²) < 4.78 is 0. The van der Waals surface area contributed by atoms with Gasteiger partial charge in [0.1, 0.15) is 0 Å². The second kappa shape index (κ2) is 7.94. The molecular formula is C13H11ClN4O6S. The van der Waals surface area contributed by atoms with E-state index < -0.39 is 22.0 Å². The van der Waals surface area contributed by atoms with Crippen LogP contribution in [0.3, 0.4) is 0 Å². The summed E-state index contributed by atoms with van der Waals surface area (Å²) in [4.78, 5) is 57.3. The van der Waals surface area contributed by atoms with Gasteiger partial charge in [-0.25, -0.2) is 0 Å². The van der Waals surface area contributed by atoms with E-state index in [1.165, 1.54) is 6.07 Å². The lowest BCUT2D eigenvalue weighted by Crippen LogP contribution is -2.41. The van der Waals surface area contributed by atoms with E-state index >= 15 is 0 Å². The molecule has 0 aliphatic carbocycles. The number of nitrogens with zero attached hydrogens (tertiary/aromatic N) is 2. The molecule has 1 aliphatic rings. The molecule has 1 saturated heterocycles. The van der Waals surface area contributed by atoms with E-state index in [-0.39, 0.29) is 41.1 Å². The van der Waals surface area contributed by atoms with Crippen molar-refractivity contribution in [3.05, 3.63) is 33.3 Å². The first kappa shape index (κ1) is 18.7. The summed E-state index contributed by atoms with van der Waals surface area (Å²) >= 11 is 6.68.